The molecule has 1 fully saturated rings. The first kappa shape index (κ1) is 18.3. The minimum Gasteiger partial charge on any atom is -0.382 e. The van der Waals surface area contributed by atoms with Gasteiger partial charge in [0.05, 0.1) is 5.56 Å². The number of rotatable bonds is 4. The molecule has 3 N–H and O–H groups in total. The van der Waals surface area contributed by atoms with Gasteiger partial charge in [0.15, 0.2) is 0 Å². The summed E-state index contributed by atoms with van der Waals surface area (Å²) in [6.45, 7) is 1.17. The zero-order valence-corrected chi connectivity index (χ0v) is 14.2. The van der Waals surface area contributed by atoms with E-state index in [1.165, 1.54) is 18.2 Å². The number of alkyl halides is 3. The van der Waals surface area contributed by atoms with E-state index in [1.54, 1.807) is 11.0 Å². The molecule has 1 atom stereocenters. The van der Waals surface area contributed by atoms with Crippen molar-refractivity contribution in [3.8, 4) is 0 Å². The van der Waals surface area contributed by atoms with Gasteiger partial charge in [-0.25, -0.2) is 0 Å². The molecule has 3 rings (SSSR count). The monoisotopic (exact) mass is 366 g/mol. The quantitative estimate of drug-likeness (QED) is 0.870. The van der Waals surface area contributed by atoms with Crippen molar-refractivity contribution in [2.75, 3.05) is 18.8 Å². The number of aryl methyl sites for hydroxylation is 1. The fraction of sp³-hybridized carbons (Fsp3) is 0.444. The molecule has 0 unspecified atom stereocenters. The molecule has 0 bridgehead atoms. The summed E-state index contributed by atoms with van der Waals surface area (Å²) >= 11 is 0. The number of nitrogens with two attached hydrogens (primary N) is 1. The number of carbonyl (C=O) groups excluding carboxylic acids is 1. The first-order valence-electron chi connectivity index (χ1n) is 8.60. The smallest absolute Gasteiger partial charge is 0.382 e. The third-order valence-electron chi connectivity index (χ3n) is 4.78. The van der Waals surface area contributed by atoms with E-state index in [0.29, 0.717) is 37.2 Å². The van der Waals surface area contributed by atoms with Crippen LogP contribution in [0.3, 0.4) is 0 Å². The highest BCUT2D eigenvalue weighted by molar-refractivity contribution is 5.93. The van der Waals surface area contributed by atoms with Crippen molar-refractivity contribution in [3.05, 3.63) is 47.2 Å². The maximum atomic E-state index is 13.1. The number of piperidine rings is 1. The summed E-state index contributed by atoms with van der Waals surface area (Å²) in [5.74, 6) is 0.259. The maximum Gasteiger partial charge on any atom is 0.416 e. The van der Waals surface area contributed by atoms with Gasteiger partial charge in [-0.05, 0) is 43.2 Å². The average Bonchev–Trinajstić information content (AvgIpc) is 3.05. The lowest BCUT2D eigenvalue weighted by Crippen LogP contribution is -2.40. The van der Waals surface area contributed by atoms with Gasteiger partial charge in [0, 0.05) is 19.2 Å². The summed E-state index contributed by atoms with van der Waals surface area (Å²) in [6.07, 6.45) is -1.64. The maximum absolute atomic E-state index is 13.1. The van der Waals surface area contributed by atoms with Gasteiger partial charge in [-0.3, -0.25) is 9.89 Å². The molecule has 5 nitrogen and oxygen atoms in total. The van der Waals surface area contributed by atoms with Crippen LogP contribution in [0.15, 0.2) is 30.3 Å². The Morgan fingerprint density at radius 2 is 2.12 bits per heavy atom. The molecular weight excluding hydrogens is 345 g/mol. The minimum atomic E-state index is -4.34. The lowest BCUT2D eigenvalue weighted by molar-refractivity contribution is -0.138. The Morgan fingerprint density at radius 1 is 1.35 bits per heavy atom. The van der Waals surface area contributed by atoms with Crippen LogP contribution in [0.1, 0.15) is 40.9 Å². The SMILES string of the molecule is Nc1cc(C(=O)N2CCC[C@@H](CCc3ccccc3C(F)(F)F)C2)[nH]n1. The van der Waals surface area contributed by atoms with E-state index in [-0.39, 0.29) is 17.6 Å². The highest BCUT2D eigenvalue weighted by atomic mass is 19.4. The predicted octanol–water partition coefficient (Wildman–Crippen LogP) is 3.50. The Bertz CT molecular complexity index is 772. The van der Waals surface area contributed by atoms with E-state index in [0.717, 1.165) is 18.9 Å². The Hall–Kier alpha value is -2.51. The molecule has 1 aliphatic rings. The lowest BCUT2D eigenvalue weighted by Gasteiger charge is -2.32. The van der Waals surface area contributed by atoms with E-state index in [4.69, 9.17) is 5.73 Å². The minimum absolute atomic E-state index is 0.172. The molecule has 0 saturated carbocycles. The fourth-order valence-corrected chi connectivity index (χ4v) is 3.48. The first-order chi connectivity index (χ1) is 12.3. The summed E-state index contributed by atoms with van der Waals surface area (Å²) in [5, 5.41) is 6.37. The van der Waals surface area contributed by atoms with Crippen molar-refractivity contribution in [2.24, 2.45) is 5.92 Å². The molecule has 8 heteroatoms. The van der Waals surface area contributed by atoms with Crippen LogP contribution in [0.4, 0.5) is 19.0 Å². The number of anilines is 1. The molecule has 26 heavy (non-hydrogen) atoms. The van der Waals surface area contributed by atoms with Crippen molar-refractivity contribution in [2.45, 2.75) is 31.9 Å². The number of hydrogen-bond donors (Lipinski definition) is 2. The second-order valence-electron chi connectivity index (χ2n) is 6.66. The number of likely N-dealkylation sites (tertiary alicyclic amines) is 1. The van der Waals surface area contributed by atoms with Crippen molar-refractivity contribution < 1.29 is 18.0 Å². The highest BCUT2D eigenvalue weighted by Crippen LogP contribution is 2.33. The van der Waals surface area contributed by atoms with Gasteiger partial charge in [0.1, 0.15) is 11.5 Å². The predicted molar refractivity (Wildman–Crippen MR) is 91.4 cm³/mol. The summed E-state index contributed by atoms with van der Waals surface area (Å²) in [6, 6.07) is 7.18. The number of amides is 1. The van der Waals surface area contributed by atoms with E-state index >= 15 is 0 Å². The lowest BCUT2D eigenvalue weighted by atomic mass is 9.90. The number of benzene rings is 1. The molecule has 2 aromatic rings. The number of nitrogens with zero attached hydrogens (tertiary/aromatic N) is 2. The topological polar surface area (TPSA) is 75.0 Å². The van der Waals surface area contributed by atoms with Crippen LogP contribution in [0.5, 0.6) is 0 Å². The van der Waals surface area contributed by atoms with Gasteiger partial charge in [0.2, 0.25) is 0 Å². The summed E-state index contributed by atoms with van der Waals surface area (Å²) in [7, 11) is 0. The molecule has 1 saturated heterocycles. The number of hydrogen-bond acceptors (Lipinski definition) is 3. The van der Waals surface area contributed by atoms with E-state index < -0.39 is 11.7 Å². The number of nitrogen functional groups attached to an aromatic ring is 1. The third kappa shape index (κ3) is 4.17. The Labute approximate surface area is 149 Å². The highest BCUT2D eigenvalue weighted by Gasteiger charge is 2.33. The molecule has 0 spiro atoms. The van der Waals surface area contributed by atoms with Crippen LogP contribution in [-0.2, 0) is 12.6 Å². The number of H-pyrrole nitrogens is 1. The van der Waals surface area contributed by atoms with Gasteiger partial charge in [-0.1, -0.05) is 18.2 Å². The summed E-state index contributed by atoms with van der Waals surface area (Å²) < 4.78 is 39.3. The van der Waals surface area contributed by atoms with Crippen molar-refractivity contribution in [1.82, 2.24) is 15.1 Å². The second-order valence-corrected chi connectivity index (χ2v) is 6.66. The first-order valence-corrected chi connectivity index (χ1v) is 8.60. The molecule has 0 radical (unpaired) electrons. The summed E-state index contributed by atoms with van der Waals surface area (Å²) in [4.78, 5) is 14.2. The molecule has 1 aliphatic heterocycles. The van der Waals surface area contributed by atoms with Gasteiger partial charge in [-0.2, -0.15) is 18.3 Å². The average molecular weight is 366 g/mol. The van der Waals surface area contributed by atoms with Crippen molar-refractivity contribution in [3.63, 3.8) is 0 Å². The van der Waals surface area contributed by atoms with Crippen LogP contribution in [0, 0.1) is 5.92 Å². The van der Waals surface area contributed by atoms with Gasteiger partial charge >= 0.3 is 6.18 Å². The van der Waals surface area contributed by atoms with E-state index in [1.807, 2.05) is 0 Å². The fourth-order valence-electron chi connectivity index (χ4n) is 3.48. The zero-order chi connectivity index (χ0) is 18.7. The number of nitrogens with one attached hydrogen (secondary N) is 1. The van der Waals surface area contributed by atoms with Crippen LogP contribution >= 0.6 is 0 Å². The molecule has 1 amide bonds. The second kappa shape index (κ2) is 7.39. The molecular formula is C18H21F3N4O. The van der Waals surface area contributed by atoms with E-state index in [2.05, 4.69) is 10.2 Å². The molecule has 1 aromatic carbocycles. The number of aromatic nitrogens is 2. The van der Waals surface area contributed by atoms with Crippen molar-refractivity contribution >= 4 is 11.7 Å². The van der Waals surface area contributed by atoms with Crippen LogP contribution in [0.25, 0.3) is 0 Å². The Morgan fingerprint density at radius 3 is 2.81 bits per heavy atom. The number of carbonyl (C=O) groups is 1. The van der Waals surface area contributed by atoms with Crippen molar-refractivity contribution in [1.29, 1.82) is 0 Å². The zero-order valence-electron chi connectivity index (χ0n) is 14.2. The Kier molecular flexibility index (Phi) is 5.20. The van der Waals surface area contributed by atoms with Gasteiger partial charge < -0.3 is 10.6 Å². The van der Waals surface area contributed by atoms with Crippen LogP contribution in [-0.4, -0.2) is 34.1 Å². The standard InChI is InChI=1S/C18H21F3N4O/c19-18(20,21)14-6-2-1-5-13(14)8-7-12-4-3-9-25(11-12)17(26)15-10-16(22)24-23-15/h1-2,5-6,10,12H,3-4,7-9,11H2,(H3,22,23,24)/t12-/m0/s1. The van der Waals surface area contributed by atoms with E-state index in [9.17, 15) is 18.0 Å². The van der Waals surface area contributed by atoms with Crippen LogP contribution < -0.4 is 5.73 Å². The van der Waals surface area contributed by atoms with Crippen LogP contribution in [0.2, 0.25) is 0 Å². The molecule has 0 aliphatic carbocycles. The summed E-state index contributed by atoms with van der Waals surface area (Å²) in [5.41, 5.74) is 5.61. The largest absolute Gasteiger partial charge is 0.416 e. The van der Waals surface area contributed by atoms with Gasteiger partial charge in [0.25, 0.3) is 5.91 Å². The Balaban J connectivity index is 1.62. The number of aromatic amines is 1. The van der Waals surface area contributed by atoms with Gasteiger partial charge in [-0.15, -0.1) is 0 Å². The molecule has 2 heterocycles. The number of halogens is 3. The molecule has 1 aromatic heterocycles. The normalized spacial score (nSPS) is 18.1. The molecule has 140 valence electrons. The third-order valence-corrected chi connectivity index (χ3v) is 4.78.